The Labute approximate surface area is 389 Å². The maximum atomic E-state index is 6.86. The van der Waals surface area contributed by atoms with Gasteiger partial charge < -0.3 is 23.7 Å². The molecule has 0 aliphatic heterocycles. The van der Waals surface area contributed by atoms with Gasteiger partial charge in [0.1, 0.15) is 5.75 Å². The summed E-state index contributed by atoms with van der Waals surface area (Å²) >= 11 is 0. The molecule has 0 bridgehead atoms. The fourth-order valence-corrected chi connectivity index (χ4v) is 8.82. The standard InChI is InChI=1S/C59H86O5/c1-7-13-19-25-35-60-55-41-50-49(40-48(55)47-33-31-46(32-34-47)30-24-18-12-6)51-42-56(61-36-26-20-14-8-2)58(63-38-28-22-16-10-4)44-53(51)54-45-59(64-39-29-23-17-11-5)57(43-52(50)54)62-37-27-21-15-9-3/h31-34,40-45H,7-30,35-39H2,1-6H3. The molecule has 0 fully saturated rings. The zero-order valence-electron chi connectivity index (χ0n) is 41.3. The Bertz CT molecular complexity index is 2020. The van der Waals surface area contributed by atoms with Crippen LogP contribution in [-0.2, 0) is 6.42 Å². The number of aryl methyl sites for hydroxylation is 1. The van der Waals surface area contributed by atoms with E-state index in [1.165, 1.54) is 106 Å². The Hall–Kier alpha value is -4.12. The van der Waals surface area contributed by atoms with Gasteiger partial charge in [-0.3, -0.25) is 0 Å². The minimum Gasteiger partial charge on any atom is -0.493 e. The van der Waals surface area contributed by atoms with Crippen LogP contribution in [0.4, 0.5) is 0 Å². The number of hydrogen-bond acceptors (Lipinski definition) is 5. The van der Waals surface area contributed by atoms with Crippen LogP contribution in [0.25, 0.3) is 43.4 Å². The largest absolute Gasteiger partial charge is 0.493 e. The van der Waals surface area contributed by atoms with Gasteiger partial charge in [0.15, 0.2) is 23.0 Å². The normalized spacial score (nSPS) is 11.5. The van der Waals surface area contributed by atoms with Crippen LogP contribution in [0, 0.1) is 0 Å². The molecule has 352 valence electrons. The molecule has 5 rings (SSSR count). The Morgan fingerprint density at radius 3 is 0.891 bits per heavy atom. The van der Waals surface area contributed by atoms with Crippen molar-refractivity contribution in [1.82, 2.24) is 0 Å². The van der Waals surface area contributed by atoms with Crippen molar-refractivity contribution in [2.75, 3.05) is 33.0 Å². The van der Waals surface area contributed by atoms with Crippen LogP contribution in [0.1, 0.15) is 195 Å². The lowest BCUT2D eigenvalue weighted by Crippen LogP contribution is -2.04. The molecule has 0 radical (unpaired) electrons. The first-order chi connectivity index (χ1) is 31.6. The highest BCUT2D eigenvalue weighted by atomic mass is 16.5. The Balaban J connectivity index is 1.75. The van der Waals surface area contributed by atoms with Crippen molar-refractivity contribution in [2.45, 2.75) is 196 Å². The van der Waals surface area contributed by atoms with E-state index in [1.54, 1.807) is 0 Å². The minimum absolute atomic E-state index is 0.669. The second-order valence-corrected chi connectivity index (χ2v) is 18.3. The molecule has 5 aromatic carbocycles. The smallest absolute Gasteiger partial charge is 0.161 e. The van der Waals surface area contributed by atoms with Gasteiger partial charge in [-0.2, -0.15) is 0 Å². The van der Waals surface area contributed by atoms with E-state index in [1.807, 2.05) is 0 Å². The van der Waals surface area contributed by atoms with E-state index in [2.05, 4.69) is 102 Å². The fraction of sp³-hybridized carbons (Fsp3) is 0.593. The van der Waals surface area contributed by atoms with Gasteiger partial charge in [-0.1, -0.05) is 175 Å². The van der Waals surface area contributed by atoms with Crippen molar-refractivity contribution < 1.29 is 23.7 Å². The van der Waals surface area contributed by atoms with Crippen LogP contribution >= 0.6 is 0 Å². The van der Waals surface area contributed by atoms with Gasteiger partial charge in [-0.25, -0.2) is 0 Å². The molecule has 5 nitrogen and oxygen atoms in total. The van der Waals surface area contributed by atoms with Crippen molar-refractivity contribution in [2.24, 2.45) is 0 Å². The molecule has 5 heteroatoms. The van der Waals surface area contributed by atoms with Crippen molar-refractivity contribution in [3.05, 3.63) is 66.2 Å². The van der Waals surface area contributed by atoms with Crippen LogP contribution < -0.4 is 23.7 Å². The van der Waals surface area contributed by atoms with Crippen LogP contribution in [0.5, 0.6) is 28.7 Å². The van der Waals surface area contributed by atoms with E-state index in [9.17, 15) is 0 Å². The molecule has 0 heterocycles. The molecule has 0 aliphatic rings. The summed E-state index contributed by atoms with van der Waals surface area (Å²) < 4.78 is 33.7. The summed E-state index contributed by atoms with van der Waals surface area (Å²) in [4.78, 5) is 0. The summed E-state index contributed by atoms with van der Waals surface area (Å²) in [6, 6.07) is 23.0. The van der Waals surface area contributed by atoms with E-state index in [4.69, 9.17) is 23.7 Å². The molecule has 0 saturated carbocycles. The van der Waals surface area contributed by atoms with Crippen LogP contribution in [0.2, 0.25) is 0 Å². The number of hydrogen-bond donors (Lipinski definition) is 0. The lowest BCUT2D eigenvalue weighted by Gasteiger charge is -2.21. The average molecular weight is 875 g/mol. The van der Waals surface area contributed by atoms with Crippen molar-refractivity contribution >= 4 is 32.3 Å². The summed E-state index contributed by atoms with van der Waals surface area (Å²) in [5.41, 5.74) is 3.70. The zero-order valence-corrected chi connectivity index (χ0v) is 41.3. The molecular weight excluding hydrogens is 789 g/mol. The maximum Gasteiger partial charge on any atom is 0.161 e. The molecular formula is C59H86O5. The third-order valence-electron chi connectivity index (χ3n) is 12.8. The van der Waals surface area contributed by atoms with E-state index < -0.39 is 0 Å². The van der Waals surface area contributed by atoms with Gasteiger partial charge in [0.05, 0.1) is 33.0 Å². The molecule has 5 aromatic rings. The van der Waals surface area contributed by atoms with Crippen LogP contribution in [0.15, 0.2) is 60.7 Å². The molecule has 64 heavy (non-hydrogen) atoms. The van der Waals surface area contributed by atoms with Gasteiger partial charge in [0, 0.05) is 5.56 Å². The summed E-state index contributed by atoms with van der Waals surface area (Å²) in [5, 5.41) is 6.89. The maximum absolute atomic E-state index is 6.86. The van der Waals surface area contributed by atoms with E-state index in [-0.39, 0.29) is 0 Å². The second-order valence-electron chi connectivity index (χ2n) is 18.3. The molecule has 0 unspecified atom stereocenters. The minimum atomic E-state index is 0.669. The van der Waals surface area contributed by atoms with Gasteiger partial charge >= 0.3 is 0 Å². The van der Waals surface area contributed by atoms with E-state index in [0.717, 1.165) is 125 Å². The predicted octanol–water partition coefficient (Wildman–Crippen LogP) is 18.3. The first kappa shape index (κ1) is 50.9. The second kappa shape index (κ2) is 29.4. The number of rotatable bonds is 35. The van der Waals surface area contributed by atoms with Crippen LogP contribution in [-0.4, -0.2) is 33.0 Å². The molecule has 0 amide bonds. The monoisotopic (exact) mass is 875 g/mol. The predicted molar refractivity (Wildman–Crippen MR) is 276 cm³/mol. The highest BCUT2D eigenvalue weighted by molar-refractivity contribution is 6.27. The van der Waals surface area contributed by atoms with Gasteiger partial charge in [-0.05, 0) is 125 Å². The Kier molecular flexibility index (Phi) is 23.4. The lowest BCUT2D eigenvalue weighted by molar-refractivity contribution is 0.259. The summed E-state index contributed by atoms with van der Waals surface area (Å²) in [7, 11) is 0. The highest BCUT2D eigenvalue weighted by Gasteiger charge is 2.21. The Morgan fingerprint density at radius 2 is 0.562 bits per heavy atom. The molecule has 0 N–H and O–H groups in total. The van der Waals surface area contributed by atoms with Gasteiger partial charge in [0.2, 0.25) is 0 Å². The quantitative estimate of drug-likeness (QED) is 0.0300. The fourth-order valence-electron chi connectivity index (χ4n) is 8.82. The summed E-state index contributed by atoms with van der Waals surface area (Å²) in [6.07, 6.45) is 27.9. The highest BCUT2D eigenvalue weighted by Crippen LogP contribution is 2.47. The number of fused-ring (bicyclic) bond motifs is 6. The summed E-state index contributed by atoms with van der Waals surface area (Å²) in [6.45, 7) is 16.9. The zero-order chi connectivity index (χ0) is 45.2. The SMILES string of the molecule is CCCCCCOc1cc2c3cc(OCCCCCC)c(OCCCCCC)cc3c3cc(-c4ccc(CCCCC)cc4)c(OCCCCCC)cc3c2cc1OCCCCCC. The van der Waals surface area contributed by atoms with E-state index in [0.29, 0.717) is 33.0 Å². The van der Waals surface area contributed by atoms with Gasteiger partial charge in [-0.15, -0.1) is 0 Å². The van der Waals surface area contributed by atoms with Gasteiger partial charge in [0.25, 0.3) is 0 Å². The number of benzene rings is 5. The molecule has 0 spiro atoms. The number of unbranched alkanes of at least 4 members (excludes halogenated alkanes) is 17. The topological polar surface area (TPSA) is 46.2 Å². The third-order valence-corrected chi connectivity index (χ3v) is 12.8. The van der Waals surface area contributed by atoms with Crippen LogP contribution in [0.3, 0.4) is 0 Å². The van der Waals surface area contributed by atoms with E-state index >= 15 is 0 Å². The molecule has 0 aromatic heterocycles. The molecule has 0 saturated heterocycles. The summed E-state index contributed by atoms with van der Waals surface area (Å²) in [5.74, 6) is 4.23. The first-order valence-electron chi connectivity index (χ1n) is 26.3. The first-order valence-corrected chi connectivity index (χ1v) is 26.3. The Morgan fingerprint density at radius 1 is 0.281 bits per heavy atom. The number of ether oxygens (including phenoxy) is 5. The molecule has 0 aliphatic carbocycles. The third kappa shape index (κ3) is 15.5. The van der Waals surface area contributed by atoms with Crippen molar-refractivity contribution in [3.8, 4) is 39.9 Å². The van der Waals surface area contributed by atoms with Crippen molar-refractivity contribution in [1.29, 1.82) is 0 Å². The molecule has 0 atom stereocenters. The van der Waals surface area contributed by atoms with Crippen molar-refractivity contribution in [3.63, 3.8) is 0 Å². The average Bonchev–Trinajstić information content (AvgIpc) is 3.31. The lowest BCUT2D eigenvalue weighted by atomic mass is 9.90.